The summed E-state index contributed by atoms with van der Waals surface area (Å²) >= 11 is 0. The highest BCUT2D eigenvalue weighted by Gasteiger charge is 2.19. The van der Waals surface area contributed by atoms with E-state index in [1.165, 1.54) is 11.1 Å². The maximum absolute atomic E-state index is 8.31. The predicted molar refractivity (Wildman–Crippen MR) is 113 cm³/mol. The van der Waals surface area contributed by atoms with Gasteiger partial charge >= 0.3 is 0 Å². The van der Waals surface area contributed by atoms with Crippen LogP contribution in [0.1, 0.15) is 51.3 Å². The van der Waals surface area contributed by atoms with Crippen molar-refractivity contribution in [1.29, 1.82) is 10.8 Å². The van der Waals surface area contributed by atoms with Gasteiger partial charge in [0.2, 0.25) is 0 Å². The molecule has 0 fully saturated rings. The number of amidine groups is 2. The van der Waals surface area contributed by atoms with E-state index in [1.54, 1.807) is 0 Å². The lowest BCUT2D eigenvalue weighted by atomic mass is 9.85. The van der Waals surface area contributed by atoms with E-state index in [0.29, 0.717) is 0 Å². The monoisotopic (exact) mass is 350 g/mol. The summed E-state index contributed by atoms with van der Waals surface area (Å²) in [6.07, 6.45) is 1.88. The molecule has 0 aliphatic carbocycles. The SMILES string of the molecule is CCc1cccc(NC(=N)C(=N)Nc2cc(CC)ccc2C(C)(C)C)c1. The molecule has 4 N–H and O–H groups in total. The van der Waals surface area contributed by atoms with Crippen LogP contribution in [-0.2, 0) is 18.3 Å². The molecule has 0 unspecified atom stereocenters. The Morgan fingerprint density at radius 3 is 2.08 bits per heavy atom. The Morgan fingerprint density at radius 1 is 0.846 bits per heavy atom. The fourth-order valence-corrected chi connectivity index (χ4v) is 2.84. The van der Waals surface area contributed by atoms with Gasteiger partial charge in [-0.3, -0.25) is 10.8 Å². The molecule has 0 radical (unpaired) electrons. The molecule has 0 aromatic heterocycles. The maximum atomic E-state index is 8.31. The largest absolute Gasteiger partial charge is 0.338 e. The lowest BCUT2D eigenvalue weighted by molar-refractivity contribution is 0.592. The van der Waals surface area contributed by atoms with E-state index >= 15 is 0 Å². The molecule has 2 aromatic rings. The van der Waals surface area contributed by atoms with E-state index in [9.17, 15) is 0 Å². The molecule has 0 atom stereocenters. The third-order valence-electron chi connectivity index (χ3n) is 4.41. The smallest absolute Gasteiger partial charge is 0.165 e. The molecule has 0 amide bonds. The summed E-state index contributed by atoms with van der Waals surface area (Å²) in [6, 6.07) is 14.3. The minimum absolute atomic E-state index is 0.0417. The normalized spacial score (nSPS) is 11.1. The summed E-state index contributed by atoms with van der Waals surface area (Å²) in [5.41, 5.74) is 5.24. The molecule has 0 aliphatic heterocycles. The van der Waals surface area contributed by atoms with Gasteiger partial charge < -0.3 is 10.6 Å². The minimum atomic E-state index is -0.0417. The summed E-state index contributed by atoms with van der Waals surface area (Å²) in [5, 5.41) is 22.7. The second-order valence-corrected chi connectivity index (χ2v) is 7.54. The molecule has 2 aromatic carbocycles. The number of benzene rings is 2. The molecule has 0 aliphatic rings. The molecule has 138 valence electrons. The zero-order valence-electron chi connectivity index (χ0n) is 16.5. The molecule has 4 nitrogen and oxygen atoms in total. The quantitative estimate of drug-likeness (QED) is 0.429. The van der Waals surface area contributed by atoms with Crippen LogP contribution < -0.4 is 10.6 Å². The number of rotatable bonds is 4. The summed E-state index contributed by atoms with van der Waals surface area (Å²) in [4.78, 5) is 0. The van der Waals surface area contributed by atoms with E-state index in [2.05, 4.69) is 69.5 Å². The average Bonchev–Trinajstić information content (AvgIpc) is 2.60. The van der Waals surface area contributed by atoms with Crippen LogP contribution in [0.5, 0.6) is 0 Å². The van der Waals surface area contributed by atoms with Crippen LogP contribution in [0.4, 0.5) is 11.4 Å². The van der Waals surface area contributed by atoms with Gasteiger partial charge in [-0.15, -0.1) is 0 Å². The Bertz CT molecular complexity index is 800. The van der Waals surface area contributed by atoms with Crippen molar-refractivity contribution in [3.63, 3.8) is 0 Å². The molecule has 0 saturated heterocycles. The Hall–Kier alpha value is -2.62. The van der Waals surface area contributed by atoms with Crippen LogP contribution in [0.2, 0.25) is 0 Å². The zero-order chi connectivity index (χ0) is 19.3. The van der Waals surface area contributed by atoms with Gasteiger partial charge in [-0.2, -0.15) is 0 Å². The summed E-state index contributed by atoms with van der Waals surface area (Å²) < 4.78 is 0. The molecular formula is C22H30N4. The van der Waals surface area contributed by atoms with Crippen molar-refractivity contribution in [2.45, 2.75) is 52.9 Å². The minimum Gasteiger partial charge on any atom is -0.338 e. The maximum Gasteiger partial charge on any atom is 0.165 e. The first-order valence-electron chi connectivity index (χ1n) is 9.18. The van der Waals surface area contributed by atoms with Crippen molar-refractivity contribution in [2.24, 2.45) is 0 Å². The van der Waals surface area contributed by atoms with E-state index in [0.717, 1.165) is 29.8 Å². The molecule has 2 rings (SSSR count). The van der Waals surface area contributed by atoms with Crippen molar-refractivity contribution in [3.8, 4) is 0 Å². The van der Waals surface area contributed by atoms with Crippen molar-refractivity contribution in [2.75, 3.05) is 10.6 Å². The van der Waals surface area contributed by atoms with Gasteiger partial charge in [0.25, 0.3) is 0 Å². The van der Waals surface area contributed by atoms with Gasteiger partial charge in [0.15, 0.2) is 11.7 Å². The number of hydrogen-bond donors (Lipinski definition) is 4. The summed E-state index contributed by atoms with van der Waals surface area (Å²) in [5.74, 6) is 0.116. The van der Waals surface area contributed by atoms with Gasteiger partial charge in [0.05, 0.1) is 0 Å². The van der Waals surface area contributed by atoms with Gasteiger partial charge in [-0.05, 0) is 53.1 Å². The van der Waals surface area contributed by atoms with Crippen LogP contribution in [0.3, 0.4) is 0 Å². The highest BCUT2D eigenvalue weighted by Crippen LogP contribution is 2.30. The average molecular weight is 351 g/mol. The molecule has 0 saturated carbocycles. The molecule has 4 heteroatoms. The first-order valence-corrected chi connectivity index (χ1v) is 9.18. The fraction of sp³-hybridized carbons (Fsp3) is 0.364. The zero-order valence-corrected chi connectivity index (χ0v) is 16.5. The molecule has 0 spiro atoms. The van der Waals surface area contributed by atoms with Crippen LogP contribution in [0.25, 0.3) is 0 Å². The summed E-state index contributed by atoms with van der Waals surface area (Å²) in [7, 11) is 0. The number of hydrogen-bond acceptors (Lipinski definition) is 2. The standard InChI is InChI=1S/C22H30N4/c1-6-15-9-8-10-17(13-15)25-20(23)21(24)26-19-14-16(7-2)11-12-18(19)22(3,4)5/h8-14H,6-7H2,1-5H3,(H2,23,25)(H2,24,26). The highest BCUT2D eigenvalue weighted by molar-refractivity contribution is 6.46. The number of aryl methyl sites for hydroxylation is 2. The molecule has 0 heterocycles. The van der Waals surface area contributed by atoms with Crippen molar-refractivity contribution >= 4 is 23.0 Å². The Morgan fingerprint density at radius 2 is 1.46 bits per heavy atom. The van der Waals surface area contributed by atoms with E-state index in [4.69, 9.17) is 10.8 Å². The Kier molecular flexibility index (Phi) is 6.19. The van der Waals surface area contributed by atoms with Gasteiger partial charge in [-0.25, -0.2) is 0 Å². The predicted octanol–water partition coefficient (Wildman–Crippen LogP) is 5.59. The number of anilines is 2. The first-order chi connectivity index (χ1) is 12.2. The Labute approximate surface area is 157 Å². The van der Waals surface area contributed by atoms with Crippen LogP contribution in [0, 0.1) is 10.8 Å². The fourth-order valence-electron chi connectivity index (χ4n) is 2.84. The van der Waals surface area contributed by atoms with Gasteiger partial charge in [0, 0.05) is 11.4 Å². The number of nitrogens with one attached hydrogen (secondary N) is 4. The second-order valence-electron chi connectivity index (χ2n) is 7.54. The topological polar surface area (TPSA) is 71.8 Å². The highest BCUT2D eigenvalue weighted by atomic mass is 15.1. The Balaban J connectivity index is 2.19. The van der Waals surface area contributed by atoms with Gasteiger partial charge in [-0.1, -0.05) is 58.9 Å². The van der Waals surface area contributed by atoms with Crippen LogP contribution in [0.15, 0.2) is 42.5 Å². The van der Waals surface area contributed by atoms with E-state index in [1.807, 2.05) is 18.2 Å². The third kappa shape index (κ3) is 4.94. The van der Waals surface area contributed by atoms with Crippen molar-refractivity contribution in [3.05, 3.63) is 59.2 Å². The lowest BCUT2D eigenvalue weighted by Gasteiger charge is -2.24. The lowest BCUT2D eigenvalue weighted by Crippen LogP contribution is -2.29. The molecule has 26 heavy (non-hydrogen) atoms. The van der Waals surface area contributed by atoms with Crippen LogP contribution >= 0.6 is 0 Å². The summed E-state index contributed by atoms with van der Waals surface area (Å²) in [6.45, 7) is 10.7. The second kappa shape index (κ2) is 8.17. The molecule has 0 bridgehead atoms. The first kappa shape index (κ1) is 19.7. The third-order valence-corrected chi connectivity index (χ3v) is 4.41. The molecular weight excluding hydrogens is 320 g/mol. The van der Waals surface area contributed by atoms with E-state index in [-0.39, 0.29) is 17.1 Å². The van der Waals surface area contributed by atoms with Crippen molar-refractivity contribution in [1.82, 2.24) is 0 Å². The van der Waals surface area contributed by atoms with Crippen molar-refractivity contribution < 1.29 is 0 Å². The van der Waals surface area contributed by atoms with Crippen LogP contribution in [-0.4, -0.2) is 11.7 Å². The van der Waals surface area contributed by atoms with Gasteiger partial charge in [0.1, 0.15) is 0 Å². The van der Waals surface area contributed by atoms with E-state index < -0.39 is 0 Å².